The molecule has 6 heteroatoms. The molecule has 25 heavy (non-hydrogen) atoms. The average molecular weight is 342 g/mol. The topological polar surface area (TPSA) is 82.2 Å². The van der Waals surface area contributed by atoms with E-state index in [0.29, 0.717) is 47.9 Å². The monoisotopic (exact) mass is 342 g/mol. The van der Waals surface area contributed by atoms with E-state index in [1.54, 1.807) is 0 Å². The molecule has 0 bridgehead atoms. The number of carbonyl (C=O) groups excluding carboxylic acids is 1. The van der Waals surface area contributed by atoms with Gasteiger partial charge in [-0.3, -0.25) is 4.79 Å². The van der Waals surface area contributed by atoms with E-state index in [9.17, 15) is 9.18 Å². The zero-order chi connectivity index (χ0) is 17.8. The van der Waals surface area contributed by atoms with Crippen molar-refractivity contribution in [1.82, 2.24) is 10.2 Å². The third-order valence-electron chi connectivity index (χ3n) is 4.59. The molecular formula is C19H23FN4O. The van der Waals surface area contributed by atoms with Gasteiger partial charge >= 0.3 is 0 Å². The number of amides is 1. The van der Waals surface area contributed by atoms with Gasteiger partial charge in [-0.25, -0.2) is 4.39 Å². The number of carbonyl (C=O) groups is 1. The quantitative estimate of drug-likeness (QED) is 0.693. The van der Waals surface area contributed by atoms with Crippen LogP contribution in [0.3, 0.4) is 0 Å². The smallest absolute Gasteiger partial charge is 0.258 e. The van der Waals surface area contributed by atoms with Crippen LogP contribution in [0, 0.1) is 5.41 Å². The Morgan fingerprint density at radius 2 is 2.08 bits per heavy atom. The van der Waals surface area contributed by atoms with Gasteiger partial charge in [-0.05, 0) is 24.0 Å². The fourth-order valence-corrected chi connectivity index (χ4v) is 3.02. The first-order valence-electron chi connectivity index (χ1n) is 8.56. The van der Waals surface area contributed by atoms with Crippen LogP contribution < -0.4 is 11.1 Å². The molecule has 1 heterocycles. The summed E-state index contributed by atoms with van der Waals surface area (Å²) < 4.78 is 12.9. The van der Waals surface area contributed by atoms with Crippen LogP contribution in [0.2, 0.25) is 0 Å². The molecule has 1 saturated carbocycles. The first kappa shape index (κ1) is 17.4. The Morgan fingerprint density at radius 3 is 2.68 bits per heavy atom. The molecule has 1 saturated heterocycles. The highest BCUT2D eigenvalue weighted by atomic mass is 19.1. The predicted molar refractivity (Wildman–Crippen MR) is 96.7 cm³/mol. The summed E-state index contributed by atoms with van der Waals surface area (Å²) in [6.07, 6.45) is 3.09. The van der Waals surface area contributed by atoms with Gasteiger partial charge < -0.3 is 21.4 Å². The largest absolute Gasteiger partial charge is 0.380 e. The fourth-order valence-electron chi connectivity index (χ4n) is 3.02. The standard InChI is InChI=1S/C19H23FN4O/c20-10-13(11-21)12-23-18(14-4-2-1-3-5-14)17-16(22)8-9-24(19(17)25)15-6-7-15/h1-5,10,15,22-23H,6-9,11-12,21H2/b13-10+,18-17+,22-16?. The lowest BCUT2D eigenvalue weighted by atomic mass is 9.95. The maximum absolute atomic E-state index is 13.0. The molecule has 1 aromatic carbocycles. The van der Waals surface area contributed by atoms with Gasteiger partial charge in [0.1, 0.15) is 0 Å². The number of likely N-dealkylation sites (tertiary alicyclic amines) is 1. The van der Waals surface area contributed by atoms with Gasteiger partial charge in [0.15, 0.2) is 0 Å². The van der Waals surface area contributed by atoms with Gasteiger partial charge in [-0.15, -0.1) is 0 Å². The van der Waals surface area contributed by atoms with Crippen LogP contribution >= 0.6 is 0 Å². The Bertz CT molecular complexity index is 722. The molecule has 1 aromatic rings. The maximum Gasteiger partial charge on any atom is 0.258 e. The number of hydrogen-bond acceptors (Lipinski definition) is 4. The van der Waals surface area contributed by atoms with E-state index in [0.717, 1.165) is 18.4 Å². The number of halogens is 1. The van der Waals surface area contributed by atoms with Crippen molar-refractivity contribution in [3.8, 4) is 0 Å². The normalized spacial score (nSPS) is 20.7. The predicted octanol–water partition coefficient (Wildman–Crippen LogP) is 2.21. The zero-order valence-electron chi connectivity index (χ0n) is 14.1. The van der Waals surface area contributed by atoms with Crippen LogP contribution in [-0.2, 0) is 4.79 Å². The van der Waals surface area contributed by atoms with Gasteiger partial charge in [0.25, 0.3) is 5.91 Å². The van der Waals surface area contributed by atoms with E-state index in [1.807, 2.05) is 35.2 Å². The number of rotatable bonds is 6. The Morgan fingerprint density at radius 1 is 1.36 bits per heavy atom. The van der Waals surface area contributed by atoms with Crippen LogP contribution in [0.5, 0.6) is 0 Å². The van der Waals surface area contributed by atoms with Crippen molar-refractivity contribution in [3.63, 3.8) is 0 Å². The Kier molecular flexibility index (Phi) is 5.28. The number of piperidine rings is 1. The molecule has 0 spiro atoms. The maximum atomic E-state index is 13.0. The van der Waals surface area contributed by atoms with E-state index in [1.165, 1.54) is 0 Å². The number of benzene rings is 1. The highest BCUT2D eigenvalue weighted by Gasteiger charge is 2.39. The Balaban J connectivity index is 1.99. The van der Waals surface area contributed by atoms with Gasteiger partial charge in [0.05, 0.1) is 17.6 Å². The molecule has 1 aliphatic heterocycles. The minimum Gasteiger partial charge on any atom is -0.380 e. The second-order valence-corrected chi connectivity index (χ2v) is 6.40. The third kappa shape index (κ3) is 3.79. The average Bonchev–Trinajstić information content (AvgIpc) is 3.46. The van der Waals surface area contributed by atoms with Gasteiger partial charge in [-0.1, -0.05) is 30.3 Å². The van der Waals surface area contributed by atoms with E-state index in [4.69, 9.17) is 11.1 Å². The van der Waals surface area contributed by atoms with Crippen molar-refractivity contribution in [3.05, 3.63) is 53.4 Å². The van der Waals surface area contributed by atoms with Gasteiger partial charge in [0.2, 0.25) is 0 Å². The molecule has 1 amide bonds. The van der Waals surface area contributed by atoms with Crippen LogP contribution in [0.25, 0.3) is 5.70 Å². The number of hydrogen-bond donors (Lipinski definition) is 3. The van der Waals surface area contributed by atoms with Crippen molar-refractivity contribution in [1.29, 1.82) is 5.41 Å². The van der Waals surface area contributed by atoms with Crippen molar-refractivity contribution < 1.29 is 9.18 Å². The number of nitrogens with one attached hydrogen (secondary N) is 2. The summed E-state index contributed by atoms with van der Waals surface area (Å²) in [6.45, 7) is 0.900. The number of nitrogens with zero attached hydrogens (tertiary/aromatic N) is 1. The number of nitrogens with two attached hydrogens (primary N) is 1. The summed E-state index contributed by atoms with van der Waals surface area (Å²) in [5, 5.41) is 11.5. The fraction of sp³-hybridized carbons (Fsp3) is 0.368. The van der Waals surface area contributed by atoms with Crippen LogP contribution in [0.4, 0.5) is 4.39 Å². The zero-order valence-corrected chi connectivity index (χ0v) is 14.1. The van der Waals surface area contributed by atoms with Crippen molar-refractivity contribution in [2.45, 2.75) is 25.3 Å². The van der Waals surface area contributed by atoms with Gasteiger partial charge in [0, 0.05) is 37.8 Å². The summed E-state index contributed by atoms with van der Waals surface area (Å²) in [5.41, 5.74) is 8.04. The highest BCUT2D eigenvalue weighted by Crippen LogP contribution is 2.32. The molecule has 2 aliphatic rings. The van der Waals surface area contributed by atoms with Crippen molar-refractivity contribution in [2.24, 2.45) is 5.73 Å². The van der Waals surface area contributed by atoms with Crippen LogP contribution in [0.1, 0.15) is 24.8 Å². The minimum atomic E-state index is -0.108. The lowest BCUT2D eigenvalue weighted by Crippen LogP contribution is -2.43. The first-order chi connectivity index (χ1) is 12.2. The summed E-state index contributed by atoms with van der Waals surface area (Å²) in [4.78, 5) is 14.9. The Hall–Kier alpha value is -2.47. The molecule has 132 valence electrons. The van der Waals surface area contributed by atoms with Crippen LogP contribution in [0.15, 0.2) is 47.8 Å². The molecule has 4 N–H and O–H groups in total. The van der Waals surface area contributed by atoms with E-state index < -0.39 is 0 Å². The molecule has 0 aromatic heterocycles. The Labute approximate surface area is 146 Å². The molecule has 0 radical (unpaired) electrons. The molecule has 3 rings (SSSR count). The van der Waals surface area contributed by atoms with E-state index in [-0.39, 0.29) is 19.0 Å². The summed E-state index contributed by atoms with van der Waals surface area (Å²) in [6, 6.07) is 9.71. The van der Waals surface area contributed by atoms with Gasteiger partial charge in [-0.2, -0.15) is 0 Å². The second kappa shape index (κ2) is 7.61. The first-order valence-corrected chi connectivity index (χ1v) is 8.56. The molecule has 5 nitrogen and oxygen atoms in total. The molecule has 2 fully saturated rings. The second-order valence-electron chi connectivity index (χ2n) is 6.40. The lowest BCUT2D eigenvalue weighted by Gasteiger charge is -2.31. The van der Waals surface area contributed by atoms with E-state index in [2.05, 4.69) is 5.32 Å². The van der Waals surface area contributed by atoms with Crippen LogP contribution in [-0.4, -0.2) is 42.2 Å². The lowest BCUT2D eigenvalue weighted by molar-refractivity contribution is -0.127. The molecule has 0 unspecified atom stereocenters. The molecule has 0 atom stereocenters. The summed E-state index contributed by atoms with van der Waals surface area (Å²) >= 11 is 0. The molecular weight excluding hydrogens is 319 g/mol. The van der Waals surface area contributed by atoms with Crippen molar-refractivity contribution in [2.75, 3.05) is 19.6 Å². The highest BCUT2D eigenvalue weighted by molar-refractivity contribution is 6.26. The van der Waals surface area contributed by atoms with E-state index >= 15 is 0 Å². The molecule has 1 aliphatic carbocycles. The SMILES string of the molecule is N=C1CCN(C2CC2)C(=O)/C1=C(/NC/C(=C/F)CN)c1ccccc1. The summed E-state index contributed by atoms with van der Waals surface area (Å²) in [5.74, 6) is -0.108. The minimum absolute atomic E-state index is 0.0977. The van der Waals surface area contributed by atoms with Crippen molar-refractivity contribution >= 4 is 17.3 Å². The third-order valence-corrected chi connectivity index (χ3v) is 4.59. The summed E-state index contributed by atoms with van der Waals surface area (Å²) in [7, 11) is 0.